The first-order chi connectivity index (χ1) is 20.4. The molecule has 0 fully saturated rings. The molecule has 9 nitrogen and oxygen atoms in total. The number of hydrogen-bond acceptors (Lipinski definition) is 8. The summed E-state index contributed by atoms with van der Waals surface area (Å²) in [5.41, 5.74) is 1.26. The number of aromatic hydroxyl groups is 2. The van der Waals surface area contributed by atoms with E-state index in [1.807, 2.05) is 45.0 Å². The van der Waals surface area contributed by atoms with Gasteiger partial charge in [0.1, 0.15) is 16.4 Å². The fourth-order valence-electron chi connectivity index (χ4n) is 5.23. The fraction of sp³-hybridized carbons (Fsp3) is 0.235. The number of phenolic OH excluding ortho intramolecular Hbond substituents is 2. The van der Waals surface area contributed by atoms with E-state index < -0.39 is 43.5 Å². The zero-order valence-corrected chi connectivity index (χ0v) is 29.1. The number of hydrogen-bond donors (Lipinski definition) is 5. The summed E-state index contributed by atoms with van der Waals surface area (Å²) < 4.78 is 35.0. The van der Waals surface area contributed by atoms with Gasteiger partial charge in [-0.2, -0.15) is 8.42 Å². The second-order valence-electron chi connectivity index (χ2n) is 12.9. The molecule has 0 heterocycles. The van der Waals surface area contributed by atoms with Crippen LogP contribution in [0.3, 0.4) is 0 Å². The summed E-state index contributed by atoms with van der Waals surface area (Å²) >= 11 is 0. The Hall–Kier alpha value is -3.67. The minimum absolute atomic E-state index is 0. The first-order valence-corrected chi connectivity index (χ1v) is 15.4. The molecule has 4 aromatic rings. The maximum Gasteiger partial charge on any atom is 0.296 e. The molecule has 0 saturated heterocycles. The first-order valence-electron chi connectivity index (χ1n) is 14.0. The quantitative estimate of drug-likeness (QED) is 0.0794. The van der Waals surface area contributed by atoms with Gasteiger partial charge in [0.25, 0.3) is 10.1 Å². The Balaban J connectivity index is 0.00000461. The summed E-state index contributed by atoms with van der Waals surface area (Å²) in [7, 11) is -4.71. The maximum atomic E-state index is 14.0. The molecule has 1 radical (unpaired) electrons. The fourth-order valence-corrected chi connectivity index (χ4v) is 5.91. The van der Waals surface area contributed by atoms with Crippen LogP contribution in [0.15, 0.2) is 71.6 Å². The zero-order chi connectivity index (χ0) is 32.4. The van der Waals surface area contributed by atoms with E-state index in [1.54, 1.807) is 12.1 Å². The van der Waals surface area contributed by atoms with Crippen molar-refractivity contribution in [1.29, 1.82) is 0 Å². The molecule has 5 N–H and O–H groups in total. The summed E-state index contributed by atoms with van der Waals surface area (Å²) in [6.45, 7) is 11.9. The molecular weight excluding hydrogens is 603 g/mol. The van der Waals surface area contributed by atoms with Crippen molar-refractivity contribution in [3.63, 3.8) is 0 Å². The van der Waals surface area contributed by atoms with E-state index in [1.165, 1.54) is 18.2 Å². The minimum atomic E-state index is -4.71. The van der Waals surface area contributed by atoms with Crippen molar-refractivity contribution in [2.45, 2.75) is 57.3 Å². The van der Waals surface area contributed by atoms with E-state index in [0.717, 1.165) is 17.7 Å². The SMILES string of the molecule is CC(C)(C)c1ccc(Nc2ccc(Nc3ccc(C(C)(C)C)cc3S(=O)(=O)O)c3c2C(=O)c2c(O)ccc(O)c2C3=O)cc1.[Na]. The number of carbonyl (C=O) groups is 2. The Labute approximate surface area is 284 Å². The molecule has 45 heavy (non-hydrogen) atoms. The molecule has 0 bridgehead atoms. The van der Waals surface area contributed by atoms with Crippen molar-refractivity contribution in [2.75, 3.05) is 10.6 Å². The number of fused-ring (bicyclic) bond motifs is 2. The van der Waals surface area contributed by atoms with E-state index >= 15 is 0 Å². The molecule has 0 saturated carbocycles. The average molecular weight is 638 g/mol. The van der Waals surface area contributed by atoms with Crippen LogP contribution in [0.2, 0.25) is 0 Å². The predicted molar refractivity (Wildman–Crippen MR) is 175 cm³/mol. The number of phenols is 2. The Kier molecular flexibility index (Phi) is 9.06. The summed E-state index contributed by atoms with van der Waals surface area (Å²) in [6, 6.07) is 17.5. The monoisotopic (exact) mass is 637 g/mol. The maximum absolute atomic E-state index is 14.0. The van der Waals surface area contributed by atoms with E-state index in [4.69, 9.17) is 0 Å². The molecule has 0 aliphatic heterocycles. The Bertz CT molecular complexity index is 1960. The first kappa shape index (κ1) is 34.2. The van der Waals surface area contributed by atoms with E-state index in [2.05, 4.69) is 31.4 Å². The molecule has 0 amide bonds. The van der Waals surface area contributed by atoms with Gasteiger partial charge < -0.3 is 20.8 Å². The molecule has 4 aromatic carbocycles. The molecule has 0 unspecified atom stereocenters. The van der Waals surface area contributed by atoms with Crippen LogP contribution in [0.4, 0.5) is 22.7 Å². The number of benzene rings is 4. The molecule has 0 spiro atoms. The Morgan fingerprint density at radius 2 is 1.00 bits per heavy atom. The number of rotatable bonds is 5. The molecule has 229 valence electrons. The zero-order valence-electron chi connectivity index (χ0n) is 26.2. The van der Waals surface area contributed by atoms with Crippen LogP contribution in [-0.2, 0) is 20.9 Å². The van der Waals surface area contributed by atoms with Crippen LogP contribution < -0.4 is 10.6 Å². The summed E-state index contributed by atoms with van der Waals surface area (Å²) in [5, 5.41) is 27.3. The van der Waals surface area contributed by atoms with Crippen LogP contribution in [0.5, 0.6) is 11.5 Å². The van der Waals surface area contributed by atoms with Gasteiger partial charge in [0.05, 0.1) is 39.3 Å². The van der Waals surface area contributed by atoms with Crippen LogP contribution in [0.25, 0.3) is 0 Å². The molecular formula is C34H34N2NaO7S. The van der Waals surface area contributed by atoms with E-state index in [0.29, 0.717) is 11.3 Å². The Morgan fingerprint density at radius 3 is 1.44 bits per heavy atom. The van der Waals surface area contributed by atoms with Gasteiger partial charge in [0.15, 0.2) is 0 Å². The van der Waals surface area contributed by atoms with Crippen molar-refractivity contribution in [1.82, 2.24) is 0 Å². The van der Waals surface area contributed by atoms with Crippen LogP contribution in [0, 0.1) is 0 Å². The summed E-state index contributed by atoms with van der Waals surface area (Å²) in [6.07, 6.45) is 0. The average Bonchev–Trinajstić information content (AvgIpc) is 2.92. The van der Waals surface area contributed by atoms with Gasteiger partial charge in [-0.15, -0.1) is 0 Å². The van der Waals surface area contributed by atoms with Crippen LogP contribution in [0.1, 0.15) is 84.5 Å². The largest absolute Gasteiger partial charge is 0.507 e. The smallest absolute Gasteiger partial charge is 0.296 e. The number of carbonyl (C=O) groups excluding carboxylic acids is 2. The van der Waals surface area contributed by atoms with Crippen molar-refractivity contribution in [3.05, 3.63) is 100 Å². The molecule has 1 aliphatic rings. The third-order valence-electron chi connectivity index (χ3n) is 7.70. The number of nitrogens with one attached hydrogen (secondary N) is 2. The standard InChI is InChI=1S/C34H34N2O7S.Na/c1-33(2,3)18-7-10-20(11-8-18)35-22-13-14-23(36-21-12-9-19(34(4,5)6)17-26(21)44(41,42)43)28-27(22)31(39)29-24(37)15-16-25(38)30(29)32(28)40;/h7-17,35-38H,1-6H3,(H,41,42,43);. The van der Waals surface area contributed by atoms with Gasteiger partial charge in [-0.05, 0) is 70.5 Å². The predicted octanol–water partition coefficient (Wildman–Crippen LogP) is 6.82. The second-order valence-corrected chi connectivity index (χ2v) is 14.3. The van der Waals surface area contributed by atoms with Gasteiger partial charge in [-0.25, -0.2) is 0 Å². The molecule has 0 atom stereocenters. The second kappa shape index (κ2) is 11.9. The Morgan fingerprint density at radius 1 is 0.578 bits per heavy atom. The van der Waals surface area contributed by atoms with Gasteiger partial charge >= 0.3 is 0 Å². The van der Waals surface area contributed by atoms with Crippen molar-refractivity contribution < 1.29 is 32.8 Å². The normalized spacial score (nSPS) is 13.0. The summed E-state index contributed by atoms with van der Waals surface area (Å²) in [4.78, 5) is 27.6. The molecule has 0 aromatic heterocycles. The molecule has 5 rings (SSSR count). The van der Waals surface area contributed by atoms with Crippen molar-refractivity contribution in [3.8, 4) is 11.5 Å². The van der Waals surface area contributed by atoms with Crippen LogP contribution in [-0.4, -0.2) is 64.3 Å². The third kappa shape index (κ3) is 6.52. The van der Waals surface area contributed by atoms with Crippen LogP contribution >= 0.6 is 0 Å². The molecule has 1 aliphatic carbocycles. The van der Waals surface area contributed by atoms with Crippen molar-refractivity contribution >= 4 is 74.0 Å². The third-order valence-corrected chi connectivity index (χ3v) is 8.59. The minimum Gasteiger partial charge on any atom is -0.507 e. The molecule has 11 heteroatoms. The van der Waals surface area contributed by atoms with Crippen molar-refractivity contribution in [2.24, 2.45) is 0 Å². The van der Waals surface area contributed by atoms with Gasteiger partial charge in [0.2, 0.25) is 11.6 Å². The van der Waals surface area contributed by atoms with E-state index in [9.17, 15) is 32.8 Å². The van der Waals surface area contributed by atoms with Gasteiger partial charge in [-0.1, -0.05) is 59.7 Å². The van der Waals surface area contributed by atoms with Gasteiger partial charge in [-0.3, -0.25) is 14.1 Å². The van der Waals surface area contributed by atoms with E-state index in [-0.39, 0.29) is 74.3 Å². The number of ketones is 2. The number of anilines is 4. The topological polar surface area (TPSA) is 153 Å². The van der Waals surface area contributed by atoms with Gasteiger partial charge in [0, 0.05) is 35.2 Å². The summed E-state index contributed by atoms with van der Waals surface area (Å²) in [5.74, 6) is -2.42.